The van der Waals surface area contributed by atoms with Crippen molar-refractivity contribution in [1.82, 2.24) is 4.90 Å². The van der Waals surface area contributed by atoms with Crippen LogP contribution in [0.4, 0.5) is 4.79 Å². The maximum Gasteiger partial charge on any atom is 0.410 e. The fourth-order valence-corrected chi connectivity index (χ4v) is 6.10. The lowest BCUT2D eigenvalue weighted by molar-refractivity contribution is -0.0968. The Bertz CT molecular complexity index is 914. The second-order valence-electron chi connectivity index (χ2n) is 9.53. The fraction of sp³-hybridized carbons (Fsp3) is 0.519. The van der Waals surface area contributed by atoms with Gasteiger partial charge in [-0.15, -0.1) is 0 Å². The van der Waals surface area contributed by atoms with E-state index < -0.39 is 5.60 Å². The number of aliphatic hydroxyl groups is 1. The van der Waals surface area contributed by atoms with Gasteiger partial charge >= 0.3 is 6.09 Å². The predicted octanol–water partition coefficient (Wildman–Crippen LogP) is 5.11. The number of hydrogen-bond acceptors (Lipinski definition) is 4. The number of hydrogen-bond donors (Lipinski definition) is 1. The number of fused-ring (bicyclic) bond motifs is 5. The summed E-state index contributed by atoms with van der Waals surface area (Å²) in [6, 6.07) is 16.9. The summed E-state index contributed by atoms with van der Waals surface area (Å²) in [5.74, 6) is 0.0686. The van der Waals surface area contributed by atoms with E-state index in [0.717, 1.165) is 19.3 Å². The maximum atomic E-state index is 13.3. The molecule has 5 heteroatoms. The normalized spacial score (nSPS) is 26.5. The van der Waals surface area contributed by atoms with E-state index in [0.29, 0.717) is 39.1 Å². The highest BCUT2D eigenvalue weighted by molar-refractivity contribution is 5.79. The monoisotopic (exact) mass is 435 g/mol. The molecule has 32 heavy (non-hydrogen) atoms. The van der Waals surface area contributed by atoms with Crippen molar-refractivity contribution in [2.75, 3.05) is 19.8 Å². The van der Waals surface area contributed by atoms with Crippen molar-refractivity contribution >= 4 is 6.09 Å². The summed E-state index contributed by atoms with van der Waals surface area (Å²) in [4.78, 5) is 15.2. The van der Waals surface area contributed by atoms with E-state index in [1.165, 1.54) is 22.3 Å². The van der Waals surface area contributed by atoms with Gasteiger partial charge in [0, 0.05) is 31.2 Å². The van der Waals surface area contributed by atoms with Gasteiger partial charge in [-0.1, -0.05) is 48.5 Å². The zero-order chi connectivity index (χ0) is 22.1. The van der Waals surface area contributed by atoms with E-state index in [-0.39, 0.29) is 24.1 Å². The fourth-order valence-electron chi connectivity index (χ4n) is 6.10. The summed E-state index contributed by atoms with van der Waals surface area (Å²) < 4.78 is 11.4. The Morgan fingerprint density at radius 2 is 1.62 bits per heavy atom. The largest absolute Gasteiger partial charge is 0.448 e. The van der Waals surface area contributed by atoms with Crippen molar-refractivity contribution in [3.8, 4) is 11.1 Å². The Morgan fingerprint density at radius 1 is 1.03 bits per heavy atom. The van der Waals surface area contributed by atoms with Gasteiger partial charge < -0.3 is 19.5 Å². The highest BCUT2D eigenvalue weighted by atomic mass is 16.6. The number of carbonyl (C=O) groups excluding carboxylic acids is 1. The standard InChI is InChI=1S/C27H33NO4/c1-2-31-15-14-27(30)16-19-8-7-9-20(17-27)28(19)26(29)32-18-25-23-12-5-3-10-21(23)22-11-4-6-13-24(22)25/h3-6,10-13,19-20,25,30H,2,7-9,14-18H2,1H3. The van der Waals surface area contributed by atoms with Crippen molar-refractivity contribution in [3.63, 3.8) is 0 Å². The van der Waals surface area contributed by atoms with Crippen LogP contribution in [0.1, 0.15) is 62.5 Å². The molecule has 2 aromatic rings. The molecule has 2 aromatic carbocycles. The van der Waals surface area contributed by atoms with Gasteiger partial charge in [-0.25, -0.2) is 4.79 Å². The molecule has 0 aromatic heterocycles. The second-order valence-corrected chi connectivity index (χ2v) is 9.53. The van der Waals surface area contributed by atoms with Crippen LogP contribution in [0.25, 0.3) is 11.1 Å². The molecule has 2 heterocycles. The molecule has 0 saturated carbocycles. The van der Waals surface area contributed by atoms with Crippen molar-refractivity contribution in [2.24, 2.45) is 0 Å². The van der Waals surface area contributed by atoms with E-state index in [1.807, 2.05) is 11.8 Å². The van der Waals surface area contributed by atoms with Crippen LogP contribution in [0.2, 0.25) is 0 Å². The molecular formula is C27H33NO4. The lowest BCUT2D eigenvalue weighted by atomic mass is 9.74. The summed E-state index contributed by atoms with van der Waals surface area (Å²) in [6.45, 7) is 3.54. The first-order chi connectivity index (χ1) is 15.6. The second kappa shape index (κ2) is 8.87. The van der Waals surface area contributed by atoms with Crippen LogP contribution < -0.4 is 0 Å². The molecule has 2 saturated heterocycles. The van der Waals surface area contributed by atoms with E-state index in [2.05, 4.69) is 48.5 Å². The predicted molar refractivity (Wildman–Crippen MR) is 124 cm³/mol. The topological polar surface area (TPSA) is 59.0 Å². The number of carbonyl (C=O) groups is 1. The number of ether oxygens (including phenoxy) is 2. The maximum absolute atomic E-state index is 13.3. The summed E-state index contributed by atoms with van der Waals surface area (Å²) in [5.41, 5.74) is 4.18. The van der Waals surface area contributed by atoms with Crippen molar-refractivity contribution < 1.29 is 19.4 Å². The molecule has 1 N–H and O–H groups in total. The molecule has 2 atom stereocenters. The Kier molecular flexibility index (Phi) is 5.95. The average molecular weight is 436 g/mol. The molecular weight excluding hydrogens is 402 g/mol. The van der Waals surface area contributed by atoms with Gasteiger partial charge in [-0.05, 0) is 67.7 Å². The SMILES string of the molecule is CCOCCC1(O)CC2CCCC(C1)N2C(=O)OCC1c2ccccc2-c2ccccc21. The molecule has 0 radical (unpaired) electrons. The van der Waals surface area contributed by atoms with Gasteiger partial charge in [0.1, 0.15) is 6.61 Å². The van der Waals surface area contributed by atoms with Gasteiger partial charge in [0.15, 0.2) is 0 Å². The Hall–Kier alpha value is -2.37. The van der Waals surface area contributed by atoms with Crippen LogP contribution >= 0.6 is 0 Å². The molecule has 2 aliphatic heterocycles. The quantitative estimate of drug-likeness (QED) is 0.641. The smallest absolute Gasteiger partial charge is 0.410 e. The minimum Gasteiger partial charge on any atom is -0.448 e. The van der Waals surface area contributed by atoms with Crippen molar-refractivity contribution in [1.29, 1.82) is 0 Å². The van der Waals surface area contributed by atoms with E-state index in [4.69, 9.17) is 9.47 Å². The van der Waals surface area contributed by atoms with E-state index in [9.17, 15) is 9.90 Å². The molecule has 5 rings (SSSR count). The lowest BCUT2D eigenvalue weighted by Gasteiger charge is -2.51. The zero-order valence-corrected chi connectivity index (χ0v) is 18.8. The van der Waals surface area contributed by atoms with Gasteiger partial charge in [-0.2, -0.15) is 0 Å². The third kappa shape index (κ3) is 3.93. The van der Waals surface area contributed by atoms with Crippen molar-refractivity contribution in [3.05, 3.63) is 59.7 Å². The summed E-state index contributed by atoms with van der Waals surface area (Å²) in [7, 11) is 0. The lowest BCUT2D eigenvalue weighted by Crippen LogP contribution is -2.60. The number of rotatable bonds is 6. The Labute approximate surface area is 190 Å². The van der Waals surface area contributed by atoms with Crippen LogP contribution in [0.15, 0.2) is 48.5 Å². The molecule has 3 aliphatic rings. The average Bonchev–Trinajstić information content (AvgIpc) is 3.11. The molecule has 0 spiro atoms. The molecule has 2 fully saturated rings. The van der Waals surface area contributed by atoms with Crippen LogP contribution in [0.5, 0.6) is 0 Å². The Balaban J connectivity index is 1.28. The number of benzene rings is 2. The summed E-state index contributed by atoms with van der Waals surface area (Å²) in [5, 5.41) is 11.2. The molecule has 2 bridgehead atoms. The van der Waals surface area contributed by atoms with E-state index >= 15 is 0 Å². The van der Waals surface area contributed by atoms with E-state index in [1.54, 1.807) is 0 Å². The first-order valence-electron chi connectivity index (χ1n) is 12.0. The van der Waals surface area contributed by atoms with Crippen LogP contribution in [-0.2, 0) is 9.47 Å². The first kappa shape index (κ1) is 21.5. The molecule has 5 nitrogen and oxygen atoms in total. The van der Waals surface area contributed by atoms with Gasteiger partial charge in [0.05, 0.1) is 5.60 Å². The molecule has 1 aliphatic carbocycles. The molecule has 170 valence electrons. The first-order valence-corrected chi connectivity index (χ1v) is 12.0. The molecule has 1 amide bonds. The minimum absolute atomic E-state index is 0.0461. The summed E-state index contributed by atoms with van der Waals surface area (Å²) >= 11 is 0. The third-order valence-corrected chi connectivity index (χ3v) is 7.56. The third-order valence-electron chi connectivity index (χ3n) is 7.56. The van der Waals surface area contributed by atoms with Crippen LogP contribution in [0.3, 0.4) is 0 Å². The zero-order valence-electron chi connectivity index (χ0n) is 18.8. The number of piperidine rings is 2. The Morgan fingerprint density at radius 3 is 2.22 bits per heavy atom. The van der Waals surface area contributed by atoms with Gasteiger partial charge in [0.25, 0.3) is 0 Å². The van der Waals surface area contributed by atoms with Crippen molar-refractivity contribution in [2.45, 2.75) is 69.1 Å². The van der Waals surface area contributed by atoms with Crippen LogP contribution in [-0.4, -0.2) is 53.6 Å². The summed E-state index contributed by atoms with van der Waals surface area (Å²) in [6.07, 6.45) is 4.58. The van der Waals surface area contributed by atoms with Crippen LogP contribution in [0, 0.1) is 0 Å². The highest BCUT2D eigenvalue weighted by Gasteiger charge is 2.47. The highest BCUT2D eigenvalue weighted by Crippen LogP contribution is 2.45. The van der Waals surface area contributed by atoms with Gasteiger partial charge in [-0.3, -0.25) is 0 Å². The number of nitrogens with zero attached hydrogens (tertiary/aromatic N) is 1. The minimum atomic E-state index is -0.745. The molecule has 2 unspecified atom stereocenters. The number of amides is 1. The van der Waals surface area contributed by atoms with Gasteiger partial charge in [0.2, 0.25) is 0 Å².